The molecule has 1 aliphatic heterocycles. The zero-order valence-electron chi connectivity index (χ0n) is 15.0. The molecule has 0 aliphatic carbocycles. The van der Waals surface area contributed by atoms with Gasteiger partial charge in [0.25, 0.3) is 0 Å². The molecule has 1 aliphatic rings. The monoisotopic (exact) mass is 420 g/mol. The van der Waals surface area contributed by atoms with Crippen molar-refractivity contribution in [2.75, 3.05) is 24.2 Å². The molecule has 28 heavy (non-hydrogen) atoms. The summed E-state index contributed by atoms with van der Waals surface area (Å²) in [5, 5.41) is 13.7. The number of thiazole rings is 1. The van der Waals surface area contributed by atoms with Gasteiger partial charge < -0.3 is 21.1 Å². The molecule has 2 heterocycles. The number of carbonyl (C=O) groups is 3. The number of hydrogen-bond donors (Lipinski definition) is 3. The third-order valence-corrected chi connectivity index (χ3v) is 6.40. The number of carboxylic acid groups (broad SMARTS) is 1. The molecular formula is C18H20N4O4S2. The number of carboxylic acids is 1. The molecule has 1 aromatic heterocycles. The Balaban J connectivity index is 1.52. The Morgan fingerprint density at radius 1 is 1.43 bits per heavy atom. The Kier molecular flexibility index (Phi) is 6.53. The number of likely N-dealkylation sites (tertiary alicyclic amines) is 1. The zero-order valence-corrected chi connectivity index (χ0v) is 16.6. The van der Waals surface area contributed by atoms with Gasteiger partial charge >= 0.3 is 5.97 Å². The van der Waals surface area contributed by atoms with Crippen LogP contribution in [-0.4, -0.2) is 57.7 Å². The van der Waals surface area contributed by atoms with Crippen molar-refractivity contribution in [3.63, 3.8) is 0 Å². The molecule has 2 amide bonds. The van der Waals surface area contributed by atoms with Gasteiger partial charge in [-0.1, -0.05) is 17.8 Å². The predicted octanol–water partition coefficient (Wildman–Crippen LogP) is 2.14. The highest BCUT2D eigenvalue weighted by atomic mass is 32.2. The lowest BCUT2D eigenvalue weighted by Gasteiger charge is -2.25. The maximum atomic E-state index is 12.2. The van der Waals surface area contributed by atoms with Gasteiger partial charge in [0.2, 0.25) is 11.8 Å². The number of anilines is 1. The molecule has 1 aromatic carbocycles. The molecule has 0 bridgehead atoms. The van der Waals surface area contributed by atoms with Crippen molar-refractivity contribution in [1.82, 2.24) is 9.88 Å². The van der Waals surface area contributed by atoms with Gasteiger partial charge in [0, 0.05) is 47.9 Å². The first-order valence-electron chi connectivity index (χ1n) is 8.69. The number of rotatable bonds is 9. The van der Waals surface area contributed by atoms with E-state index in [2.05, 4.69) is 10.3 Å². The number of nitrogens with two attached hydrogens (primary N) is 1. The molecule has 1 atom stereocenters. The number of primary amides is 1. The maximum absolute atomic E-state index is 12.2. The van der Waals surface area contributed by atoms with Crippen molar-refractivity contribution < 1.29 is 19.5 Å². The Bertz CT molecular complexity index is 886. The van der Waals surface area contributed by atoms with Crippen LogP contribution >= 0.6 is 23.1 Å². The third-order valence-electron chi connectivity index (χ3n) is 4.40. The number of hydrogen-bond acceptors (Lipinski definition) is 7. The summed E-state index contributed by atoms with van der Waals surface area (Å²) in [6.07, 6.45) is 1.28. The number of aromatic nitrogens is 1. The number of benzene rings is 1. The molecule has 148 valence electrons. The van der Waals surface area contributed by atoms with Crippen LogP contribution in [0.3, 0.4) is 0 Å². The second kappa shape index (κ2) is 9.07. The molecule has 2 aromatic rings. The van der Waals surface area contributed by atoms with Gasteiger partial charge in [0.1, 0.15) is 0 Å². The number of nitrogens with one attached hydrogen (secondary N) is 1. The fourth-order valence-corrected chi connectivity index (χ4v) is 4.79. The fourth-order valence-electron chi connectivity index (χ4n) is 2.98. The first kappa shape index (κ1) is 20.2. The minimum absolute atomic E-state index is 0.0463. The Labute approximate surface area is 170 Å². The summed E-state index contributed by atoms with van der Waals surface area (Å²) < 4.78 is 0.682. The van der Waals surface area contributed by atoms with Gasteiger partial charge in [-0.3, -0.25) is 9.59 Å². The highest BCUT2D eigenvalue weighted by Gasteiger charge is 2.30. The number of aromatic carboxylic acids is 1. The summed E-state index contributed by atoms with van der Waals surface area (Å²) in [7, 11) is 0. The molecule has 0 radical (unpaired) electrons. The highest BCUT2D eigenvalue weighted by molar-refractivity contribution is 8.01. The molecule has 1 saturated heterocycles. The van der Waals surface area contributed by atoms with Crippen molar-refractivity contribution >= 4 is 46.6 Å². The van der Waals surface area contributed by atoms with Gasteiger partial charge in [-0.15, -0.1) is 11.3 Å². The minimum Gasteiger partial charge on any atom is -0.476 e. The molecular weight excluding hydrogens is 400 g/mol. The summed E-state index contributed by atoms with van der Waals surface area (Å²) in [5.74, 6) is -0.758. The average Bonchev–Trinajstić information content (AvgIpc) is 3.28. The molecule has 0 spiro atoms. The maximum Gasteiger partial charge on any atom is 0.355 e. The number of nitrogens with zero attached hydrogens (tertiary/aromatic N) is 2. The summed E-state index contributed by atoms with van der Waals surface area (Å²) in [6, 6.07) is 7.03. The lowest BCUT2D eigenvalue weighted by molar-refractivity contribution is -0.128. The highest BCUT2D eigenvalue weighted by Crippen LogP contribution is 2.25. The van der Waals surface area contributed by atoms with Crippen LogP contribution in [0, 0.1) is 0 Å². The van der Waals surface area contributed by atoms with E-state index in [1.54, 1.807) is 18.2 Å². The van der Waals surface area contributed by atoms with Crippen LogP contribution < -0.4 is 11.1 Å². The lowest BCUT2D eigenvalue weighted by Crippen LogP contribution is -2.39. The van der Waals surface area contributed by atoms with Gasteiger partial charge in [-0.2, -0.15) is 0 Å². The topological polar surface area (TPSA) is 126 Å². The SMILES string of the molecule is NC(=O)c1cccc(NCC2CCC(=O)N2CCSc2nc(C(=O)O)cs2)c1. The Morgan fingerprint density at radius 3 is 2.96 bits per heavy atom. The summed E-state index contributed by atoms with van der Waals surface area (Å²) in [4.78, 5) is 40.3. The average molecular weight is 421 g/mol. The van der Waals surface area contributed by atoms with Crippen LogP contribution in [0.15, 0.2) is 34.0 Å². The number of carbonyl (C=O) groups excluding carboxylic acids is 2. The van der Waals surface area contributed by atoms with E-state index in [4.69, 9.17) is 10.8 Å². The van der Waals surface area contributed by atoms with E-state index < -0.39 is 11.9 Å². The van der Waals surface area contributed by atoms with Gasteiger partial charge in [-0.25, -0.2) is 9.78 Å². The number of amides is 2. The van der Waals surface area contributed by atoms with Crippen LogP contribution in [0.25, 0.3) is 0 Å². The molecule has 4 N–H and O–H groups in total. The van der Waals surface area contributed by atoms with E-state index >= 15 is 0 Å². The first-order chi connectivity index (χ1) is 13.4. The first-order valence-corrected chi connectivity index (χ1v) is 10.6. The van der Waals surface area contributed by atoms with Crippen LogP contribution in [0.4, 0.5) is 5.69 Å². The van der Waals surface area contributed by atoms with Crippen molar-refractivity contribution in [2.45, 2.75) is 23.2 Å². The summed E-state index contributed by atoms with van der Waals surface area (Å²) >= 11 is 2.74. The van der Waals surface area contributed by atoms with Crippen LogP contribution in [-0.2, 0) is 4.79 Å². The predicted molar refractivity (Wildman–Crippen MR) is 108 cm³/mol. The molecule has 3 rings (SSSR count). The minimum atomic E-state index is -1.04. The van der Waals surface area contributed by atoms with Crippen LogP contribution in [0.1, 0.15) is 33.7 Å². The van der Waals surface area contributed by atoms with E-state index in [-0.39, 0.29) is 17.6 Å². The van der Waals surface area contributed by atoms with Crippen molar-refractivity contribution in [1.29, 1.82) is 0 Å². The second-order valence-corrected chi connectivity index (χ2v) is 8.46. The Morgan fingerprint density at radius 2 is 2.25 bits per heavy atom. The summed E-state index contributed by atoms with van der Waals surface area (Å²) in [5.41, 5.74) is 6.57. The zero-order chi connectivity index (χ0) is 20.1. The molecule has 0 saturated carbocycles. The molecule has 1 fully saturated rings. The standard InChI is InChI=1S/C18H20N4O4S2/c19-16(24)11-2-1-3-12(8-11)20-9-13-4-5-15(23)22(13)6-7-27-18-21-14(10-28-18)17(25)26/h1-3,8,10,13,20H,4-7,9H2,(H2,19,24)(H,25,26). The van der Waals surface area contributed by atoms with E-state index in [0.29, 0.717) is 35.2 Å². The normalized spacial score (nSPS) is 16.4. The van der Waals surface area contributed by atoms with Crippen molar-refractivity contribution in [2.24, 2.45) is 5.73 Å². The van der Waals surface area contributed by atoms with E-state index in [1.165, 1.54) is 28.5 Å². The van der Waals surface area contributed by atoms with E-state index in [1.807, 2.05) is 11.0 Å². The Hall–Kier alpha value is -2.59. The second-order valence-electron chi connectivity index (χ2n) is 6.26. The van der Waals surface area contributed by atoms with Gasteiger partial charge in [0.05, 0.1) is 0 Å². The quantitative estimate of drug-likeness (QED) is 0.531. The van der Waals surface area contributed by atoms with E-state index in [9.17, 15) is 14.4 Å². The van der Waals surface area contributed by atoms with Gasteiger partial charge in [-0.05, 0) is 24.6 Å². The smallest absolute Gasteiger partial charge is 0.355 e. The largest absolute Gasteiger partial charge is 0.476 e. The molecule has 8 nitrogen and oxygen atoms in total. The van der Waals surface area contributed by atoms with Crippen molar-refractivity contribution in [3.05, 3.63) is 40.9 Å². The van der Waals surface area contributed by atoms with Gasteiger partial charge in [0.15, 0.2) is 10.0 Å². The third kappa shape index (κ3) is 5.02. The number of thioether (sulfide) groups is 1. The molecule has 10 heteroatoms. The fraction of sp³-hybridized carbons (Fsp3) is 0.333. The van der Waals surface area contributed by atoms with Crippen LogP contribution in [0.5, 0.6) is 0 Å². The lowest BCUT2D eigenvalue weighted by atomic mass is 10.1. The van der Waals surface area contributed by atoms with Crippen LogP contribution in [0.2, 0.25) is 0 Å². The summed E-state index contributed by atoms with van der Waals surface area (Å²) in [6.45, 7) is 1.15. The van der Waals surface area contributed by atoms with E-state index in [0.717, 1.165) is 12.1 Å². The molecule has 1 unspecified atom stereocenters. The van der Waals surface area contributed by atoms with Crippen molar-refractivity contribution in [3.8, 4) is 0 Å².